The van der Waals surface area contributed by atoms with Gasteiger partial charge < -0.3 is 0 Å². The summed E-state index contributed by atoms with van der Waals surface area (Å²) >= 11 is 1.47. The van der Waals surface area contributed by atoms with Gasteiger partial charge in [-0.2, -0.15) is 0 Å². The van der Waals surface area contributed by atoms with Crippen molar-refractivity contribution in [2.24, 2.45) is 0 Å². The zero-order valence-corrected chi connectivity index (χ0v) is 17.0. The number of hydrogen-bond acceptors (Lipinski definition) is 6. The van der Waals surface area contributed by atoms with Crippen LogP contribution in [0.4, 0.5) is 0 Å². The number of aromatic nitrogens is 3. The normalized spacial score (nSPS) is 11.3. The molecular formula is C22H17N3O2S2. The van der Waals surface area contributed by atoms with Gasteiger partial charge in [0, 0.05) is 22.9 Å². The van der Waals surface area contributed by atoms with Gasteiger partial charge in [0.25, 0.3) is 0 Å². The van der Waals surface area contributed by atoms with Gasteiger partial charge in [-0.05, 0) is 42.5 Å². The molecule has 4 rings (SSSR count). The maximum atomic E-state index is 12.8. The largest absolute Gasteiger partial charge is 0.265 e. The predicted molar refractivity (Wildman–Crippen MR) is 113 cm³/mol. The number of hydrogen-bond donors (Lipinski definition) is 0. The fraction of sp³-hybridized carbons (Fsp3) is 0.0455. The molecule has 2 heterocycles. The van der Waals surface area contributed by atoms with Crippen LogP contribution in [0.25, 0.3) is 11.4 Å². The summed E-state index contributed by atoms with van der Waals surface area (Å²) in [5.74, 6) is 0.284. The molecule has 0 saturated carbocycles. The minimum Gasteiger partial charge on any atom is -0.265 e. The fourth-order valence-corrected chi connectivity index (χ4v) is 4.88. The highest BCUT2D eigenvalue weighted by atomic mass is 32.2. The van der Waals surface area contributed by atoms with Crippen molar-refractivity contribution < 1.29 is 8.42 Å². The Morgan fingerprint density at radius 3 is 2.14 bits per heavy atom. The van der Waals surface area contributed by atoms with E-state index in [-0.39, 0.29) is 10.6 Å². The van der Waals surface area contributed by atoms with E-state index >= 15 is 0 Å². The van der Waals surface area contributed by atoms with Crippen molar-refractivity contribution in [2.75, 3.05) is 0 Å². The second-order valence-electron chi connectivity index (χ2n) is 6.24. The lowest BCUT2D eigenvalue weighted by Crippen LogP contribution is -2.08. The van der Waals surface area contributed by atoms with Crippen LogP contribution in [0, 0.1) is 0 Å². The van der Waals surface area contributed by atoms with Gasteiger partial charge in [0.2, 0.25) is 0 Å². The van der Waals surface area contributed by atoms with E-state index in [0.717, 1.165) is 10.5 Å². The number of rotatable bonds is 6. The van der Waals surface area contributed by atoms with E-state index in [2.05, 4.69) is 15.0 Å². The highest BCUT2D eigenvalue weighted by molar-refractivity contribution is 7.99. The van der Waals surface area contributed by atoms with E-state index in [1.54, 1.807) is 48.8 Å². The molecule has 0 aliphatic rings. The van der Waals surface area contributed by atoms with E-state index in [4.69, 9.17) is 0 Å². The van der Waals surface area contributed by atoms with Crippen LogP contribution in [0.2, 0.25) is 0 Å². The van der Waals surface area contributed by atoms with Crippen LogP contribution in [0.5, 0.6) is 0 Å². The van der Waals surface area contributed by atoms with E-state index in [9.17, 15) is 8.42 Å². The van der Waals surface area contributed by atoms with Gasteiger partial charge >= 0.3 is 0 Å². The lowest BCUT2D eigenvalue weighted by Gasteiger charge is -2.09. The monoisotopic (exact) mass is 419 g/mol. The van der Waals surface area contributed by atoms with Crippen molar-refractivity contribution in [3.05, 3.63) is 97.0 Å². The molecule has 0 aliphatic carbocycles. The third-order valence-corrected chi connectivity index (χ3v) is 6.69. The van der Waals surface area contributed by atoms with Crippen LogP contribution in [-0.2, 0) is 15.6 Å². The van der Waals surface area contributed by atoms with E-state index in [1.165, 1.54) is 11.8 Å². The Morgan fingerprint density at radius 1 is 0.793 bits per heavy atom. The Kier molecular flexibility index (Phi) is 5.69. The van der Waals surface area contributed by atoms with Gasteiger partial charge in [-0.25, -0.2) is 18.4 Å². The van der Waals surface area contributed by atoms with Gasteiger partial charge in [-0.3, -0.25) is 4.98 Å². The molecule has 7 heteroatoms. The van der Waals surface area contributed by atoms with E-state index < -0.39 is 9.84 Å². The van der Waals surface area contributed by atoms with Crippen molar-refractivity contribution in [1.82, 2.24) is 15.0 Å². The molecule has 0 fully saturated rings. The molecule has 2 aromatic carbocycles. The third kappa shape index (κ3) is 4.88. The predicted octanol–water partition coefficient (Wildman–Crippen LogP) is 4.66. The third-order valence-electron chi connectivity index (χ3n) is 4.10. The first kappa shape index (κ1) is 19.3. The van der Waals surface area contributed by atoms with Crippen LogP contribution in [0.3, 0.4) is 0 Å². The topological polar surface area (TPSA) is 72.8 Å². The zero-order chi connectivity index (χ0) is 20.1. The van der Waals surface area contributed by atoms with Gasteiger partial charge in [-0.15, -0.1) is 0 Å². The first-order valence-corrected chi connectivity index (χ1v) is 11.4. The van der Waals surface area contributed by atoms with Crippen molar-refractivity contribution in [3.63, 3.8) is 0 Å². The maximum absolute atomic E-state index is 12.8. The molecule has 0 saturated heterocycles. The number of sulfone groups is 1. The van der Waals surface area contributed by atoms with E-state index in [0.29, 0.717) is 16.5 Å². The molecule has 144 valence electrons. The Balaban J connectivity index is 1.73. The van der Waals surface area contributed by atoms with Crippen LogP contribution >= 0.6 is 11.8 Å². The van der Waals surface area contributed by atoms with Gasteiger partial charge in [-0.1, -0.05) is 48.2 Å². The highest BCUT2D eigenvalue weighted by Gasteiger charge is 2.18. The van der Waals surface area contributed by atoms with Gasteiger partial charge in [0.05, 0.1) is 16.3 Å². The lowest BCUT2D eigenvalue weighted by atomic mass is 10.2. The summed E-state index contributed by atoms with van der Waals surface area (Å²) in [6.45, 7) is 0. The second-order valence-corrected chi connectivity index (χ2v) is 9.33. The molecule has 0 unspecified atom stereocenters. The molecule has 0 N–H and O–H groups in total. The Hall–Kier alpha value is -3.03. The summed E-state index contributed by atoms with van der Waals surface area (Å²) in [6, 6.07) is 23.6. The van der Waals surface area contributed by atoms with Crippen LogP contribution in [0.15, 0.2) is 106 Å². The average molecular weight is 420 g/mol. The molecule has 2 aromatic heterocycles. The molecule has 0 spiro atoms. The fourth-order valence-electron chi connectivity index (χ4n) is 2.74. The smallest absolute Gasteiger partial charge is 0.184 e. The number of nitrogens with zero attached hydrogens (tertiary/aromatic N) is 3. The summed E-state index contributed by atoms with van der Waals surface area (Å²) < 4.78 is 25.7. The molecule has 4 aromatic rings. The summed E-state index contributed by atoms with van der Waals surface area (Å²) in [4.78, 5) is 14.5. The maximum Gasteiger partial charge on any atom is 0.184 e. The second kappa shape index (κ2) is 8.55. The first-order valence-electron chi connectivity index (χ1n) is 8.89. The highest BCUT2D eigenvalue weighted by Crippen LogP contribution is 2.29. The van der Waals surface area contributed by atoms with Crippen molar-refractivity contribution in [1.29, 1.82) is 0 Å². The average Bonchev–Trinajstić information content (AvgIpc) is 2.75. The van der Waals surface area contributed by atoms with Crippen LogP contribution < -0.4 is 0 Å². The molecule has 0 atom stereocenters. The number of benzene rings is 2. The summed E-state index contributed by atoms with van der Waals surface area (Å²) in [7, 11) is -3.51. The Bertz CT molecular complexity index is 1200. The molecule has 0 bridgehead atoms. The minimum atomic E-state index is -3.51. The lowest BCUT2D eigenvalue weighted by molar-refractivity contribution is 0.594. The molecule has 0 aliphatic heterocycles. The summed E-state index contributed by atoms with van der Waals surface area (Å²) in [5, 5.41) is 0.691. The Labute approximate surface area is 173 Å². The Morgan fingerprint density at radius 2 is 1.45 bits per heavy atom. The van der Waals surface area contributed by atoms with Gasteiger partial charge in [0.15, 0.2) is 15.7 Å². The first-order chi connectivity index (χ1) is 14.1. The van der Waals surface area contributed by atoms with Crippen LogP contribution in [0.1, 0.15) is 5.69 Å². The van der Waals surface area contributed by atoms with E-state index in [1.807, 2.05) is 42.5 Å². The number of pyridine rings is 1. The SMILES string of the molecule is O=S(=O)(Cc1cc(Sc2ccccc2)nc(-c2ccncc2)n1)c1ccccc1. The van der Waals surface area contributed by atoms with Crippen LogP contribution in [-0.4, -0.2) is 23.4 Å². The molecular weight excluding hydrogens is 402 g/mol. The molecule has 0 radical (unpaired) electrons. The van der Waals surface area contributed by atoms with Crippen molar-refractivity contribution in [3.8, 4) is 11.4 Å². The standard InChI is InChI=1S/C22H17N3O2S2/c26-29(27,20-9-5-2-6-10-20)16-18-15-21(28-19-7-3-1-4-8-19)25-22(24-18)17-11-13-23-14-12-17/h1-15H,16H2. The van der Waals surface area contributed by atoms with Gasteiger partial charge in [0.1, 0.15) is 5.03 Å². The van der Waals surface area contributed by atoms with Crippen molar-refractivity contribution in [2.45, 2.75) is 20.6 Å². The summed E-state index contributed by atoms with van der Waals surface area (Å²) in [6.07, 6.45) is 3.33. The molecule has 5 nitrogen and oxygen atoms in total. The molecule has 0 amide bonds. The zero-order valence-electron chi connectivity index (χ0n) is 15.3. The van der Waals surface area contributed by atoms with Crippen molar-refractivity contribution >= 4 is 21.6 Å². The minimum absolute atomic E-state index is 0.194. The summed E-state index contributed by atoms with van der Waals surface area (Å²) in [5.41, 5.74) is 1.24. The quantitative estimate of drug-likeness (QED) is 0.423. The molecule has 29 heavy (non-hydrogen) atoms.